The third kappa shape index (κ3) is 6.73. The highest BCUT2D eigenvalue weighted by Gasteiger charge is 2.08. The van der Waals surface area contributed by atoms with Crippen molar-refractivity contribution in [1.29, 1.82) is 0 Å². The van der Waals surface area contributed by atoms with Crippen LogP contribution in [0, 0.1) is 0 Å². The van der Waals surface area contributed by atoms with Crippen LogP contribution < -0.4 is 25.4 Å². The third-order valence-corrected chi connectivity index (χ3v) is 4.76. The SMILES string of the molecule is CN=C(NCCNC(=O)c1ccc(Cl)c(Cl)c1)NCc1ccc(OC)c(OC)c1. The fraction of sp³-hybridized carbons (Fsp3) is 0.300. The number of carbonyl (C=O) groups is 1. The minimum atomic E-state index is -0.223. The molecule has 0 atom stereocenters. The molecule has 7 nitrogen and oxygen atoms in total. The Morgan fingerprint density at radius 2 is 1.66 bits per heavy atom. The van der Waals surface area contributed by atoms with E-state index in [0.29, 0.717) is 52.7 Å². The molecule has 0 aliphatic carbocycles. The van der Waals surface area contributed by atoms with E-state index in [0.717, 1.165) is 5.56 Å². The van der Waals surface area contributed by atoms with Gasteiger partial charge in [0.25, 0.3) is 5.91 Å². The van der Waals surface area contributed by atoms with Crippen molar-refractivity contribution in [3.63, 3.8) is 0 Å². The lowest BCUT2D eigenvalue weighted by Crippen LogP contribution is -2.41. The largest absolute Gasteiger partial charge is 0.493 e. The number of nitrogens with zero attached hydrogens (tertiary/aromatic N) is 1. The minimum absolute atomic E-state index is 0.223. The first kappa shape index (κ1) is 22.6. The summed E-state index contributed by atoms with van der Waals surface area (Å²) < 4.78 is 10.5. The van der Waals surface area contributed by atoms with Gasteiger partial charge in [0.15, 0.2) is 17.5 Å². The van der Waals surface area contributed by atoms with Gasteiger partial charge in [0.1, 0.15) is 0 Å². The molecule has 0 spiro atoms. The number of amides is 1. The number of halogens is 2. The monoisotopic (exact) mass is 438 g/mol. The molecule has 0 aliphatic heterocycles. The number of guanidine groups is 1. The highest BCUT2D eigenvalue weighted by atomic mass is 35.5. The lowest BCUT2D eigenvalue weighted by Gasteiger charge is -2.14. The summed E-state index contributed by atoms with van der Waals surface area (Å²) in [5, 5.41) is 9.91. The van der Waals surface area contributed by atoms with Crippen LogP contribution in [0.2, 0.25) is 10.0 Å². The molecule has 2 aromatic rings. The van der Waals surface area contributed by atoms with Gasteiger partial charge in [-0.05, 0) is 35.9 Å². The predicted octanol–water partition coefficient (Wildman–Crippen LogP) is 3.11. The molecule has 1 amide bonds. The molecular weight excluding hydrogens is 415 g/mol. The van der Waals surface area contributed by atoms with Gasteiger partial charge in [0, 0.05) is 32.2 Å². The van der Waals surface area contributed by atoms with Crippen LogP contribution in [0.25, 0.3) is 0 Å². The summed E-state index contributed by atoms with van der Waals surface area (Å²) in [4.78, 5) is 16.3. The summed E-state index contributed by atoms with van der Waals surface area (Å²) in [5.74, 6) is 1.73. The van der Waals surface area contributed by atoms with E-state index in [1.54, 1.807) is 33.4 Å². The maximum absolute atomic E-state index is 12.1. The number of hydrogen-bond donors (Lipinski definition) is 3. The van der Waals surface area contributed by atoms with E-state index < -0.39 is 0 Å². The van der Waals surface area contributed by atoms with Crippen LogP contribution in [0.3, 0.4) is 0 Å². The van der Waals surface area contributed by atoms with E-state index in [1.165, 1.54) is 6.07 Å². The Balaban J connectivity index is 1.77. The highest BCUT2D eigenvalue weighted by molar-refractivity contribution is 6.42. The zero-order valence-electron chi connectivity index (χ0n) is 16.5. The quantitative estimate of drug-likeness (QED) is 0.335. The maximum atomic E-state index is 12.1. The summed E-state index contributed by atoms with van der Waals surface area (Å²) in [6, 6.07) is 10.5. The third-order valence-electron chi connectivity index (χ3n) is 4.02. The molecule has 0 fully saturated rings. The van der Waals surface area contributed by atoms with Crippen molar-refractivity contribution in [3.05, 3.63) is 57.6 Å². The van der Waals surface area contributed by atoms with Crippen molar-refractivity contribution in [2.24, 2.45) is 4.99 Å². The van der Waals surface area contributed by atoms with Gasteiger partial charge in [-0.15, -0.1) is 0 Å². The first-order valence-electron chi connectivity index (χ1n) is 8.87. The molecule has 0 heterocycles. The van der Waals surface area contributed by atoms with Gasteiger partial charge in [-0.3, -0.25) is 9.79 Å². The molecule has 0 bridgehead atoms. The Bertz CT molecular complexity index is 875. The number of ether oxygens (including phenoxy) is 2. The van der Waals surface area contributed by atoms with Crippen LogP contribution in [0.15, 0.2) is 41.4 Å². The predicted molar refractivity (Wildman–Crippen MR) is 117 cm³/mol. The van der Waals surface area contributed by atoms with Crippen molar-refractivity contribution >= 4 is 35.1 Å². The average molecular weight is 439 g/mol. The Kier molecular flexibility index (Phi) is 8.89. The van der Waals surface area contributed by atoms with E-state index in [2.05, 4.69) is 20.9 Å². The number of methoxy groups -OCH3 is 2. The van der Waals surface area contributed by atoms with Gasteiger partial charge >= 0.3 is 0 Å². The van der Waals surface area contributed by atoms with E-state index in [1.807, 2.05) is 18.2 Å². The summed E-state index contributed by atoms with van der Waals surface area (Å²) >= 11 is 11.8. The summed E-state index contributed by atoms with van der Waals surface area (Å²) in [5.41, 5.74) is 1.47. The van der Waals surface area contributed by atoms with Gasteiger partial charge in [0.2, 0.25) is 0 Å². The number of carbonyl (C=O) groups excluding carboxylic acids is 1. The second-order valence-electron chi connectivity index (χ2n) is 5.93. The van der Waals surface area contributed by atoms with Gasteiger partial charge in [-0.2, -0.15) is 0 Å². The lowest BCUT2D eigenvalue weighted by atomic mass is 10.2. The molecule has 9 heteroatoms. The van der Waals surface area contributed by atoms with Crippen molar-refractivity contribution in [1.82, 2.24) is 16.0 Å². The van der Waals surface area contributed by atoms with Crippen LogP contribution in [0.1, 0.15) is 15.9 Å². The fourth-order valence-corrected chi connectivity index (χ4v) is 2.79. The summed E-state index contributed by atoms with van der Waals surface area (Å²) in [6.07, 6.45) is 0. The van der Waals surface area contributed by atoms with Crippen LogP contribution >= 0.6 is 23.2 Å². The number of nitrogens with one attached hydrogen (secondary N) is 3. The van der Waals surface area contributed by atoms with Gasteiger partial charge < -0.3 is 25.4 Å². The van der Waals surface area contributed by atoms with E-state index >= 15 is 0 Å². The van der Waals surface area contributed by atoms with Crippen molar-refractivity contribution in [2.75, 3.05) is 34.4 Å². The Hall–Kier alpha value is -2.64. The molecule has 0 aliphatic rings. The molecule has 0 saturated heterocycles. The second kappa shape index (κ2) is 11.4. The number of benzene rings is 2. The number of rotatable bonds is 8. The standard InChI is InChI=1S/C20H24Cl2N4O3/c1-23-20(26-12-13-4-7-17(28-2)18(10-13)29-3)25-9-8-24-19(27)14-5-6-15(21)16(22)11-14/h4-7,10-11H,8-9,12H2,1-3H3,(H,24,27)(H2,23,25,26). The second-order valence-corrected chi connectivity index (χ2v) is 6.74. The molecule has 3 N–H and O–H groups in total. The molecule has 0 saturated carbocycles. The Labute approximate surface area is 180 Å². The lowest BCUT2D eigenvalue weighted by molar-refractivity contribution is 0.0954. The minimum Gasteiger partial charge on any atom is -0.493 e. The summed E-state index contributed by atoms with van der Waals surface area (Å²) in [6.45, 7) is 1.46. The summed E-state index contributed by atoms with van der Waals surface area (Å²) in [7, 11) is 4.88. The highest BCUT2D eigenvalue weighted by Crippen LogP contribution is 2.27. The molecule has 0 unspecified atom stereocenters. The van der Waals surface area contributed by atoms with Crippen molar-refractivity contribution in [3.8, 4) is 11.5 Å². The Morgan fingerprint density at radius 3 is 2.31 bits per heavy atom. The van der Waals surface area contributed by atoms with Gasteiger partial charge in [0.05, 0.1) is 24.3 Å². The molecule has 0 aromatic heterocycles. The first-order chi connectivity index (χ1) is 14.0. The first-order valence-corrected chi connectivity index (χ1v) is 9.62. The fourth-order valence-electron chi connectivity index (χ4n) is 2.49. The average Bonchev–Trinajstić information content (AvgIpc) is 2.74. The number of hydrogen-bond acceptors (Lipinski definition) is 4. The molecule has 29 heavy (non-hydrogen) atoms. The van der Waals surface area contributed by atoms with Gasteiger partial charge in [-0.1, -0.05) is 29.3 Å². The maximum Gasteiger partial charge on any atom is 0.251 e. The zero-order chi connectivity index (χ0) is 21.2. The van der Waals surface area contributed by atoms with E-state index in [4.69, 9.17) is 32.7 Å². The zero-order valence-corrected chi connectivity index (χ0v) is 18.0. The molecule has 2 aromatic carbocycles. The normalized spacial score (nSPS) is 11.0. The van der Waals surface area contributed by atoms with E-state index in [-0.39, 0.29) is 5.91 Å². The molecule has 0 radical (unpaired) electrons. The molecule has 156 valence electrons. The van der Waals surface area contributed by atoms with Crippen molar-refractivity contribution in [2.45, 2.75) is 6.54 Å². The van der Waals surface area contributed by atoms with E-state index in [9.17, 15) is 4.79 Å². The topological polar surface area (TPSA) is 84.0 Å². The van der Waals surface area contributed by atoms with Crippen molar-refractivity contribution < 1.29 is 14.3 Å². The Morgan fingerprint density at radius 1 is 0.931 bits per heavy atom. The van der Waals surface area contributed by atoms with Gasteiger partial charge in [-0.25, -0.2) is 0 Å². The molecular formula is C20H24Cl2N4O3. The van der Waals surface area contributed by atoms with Crippen LogP contribution in [0.4, 0.5) is 0 Å². The van der Waals surface area contributed by atoms with Crippen LogP contribution in [-0.4, -0.2) is 46.2 Å². The number of aliphatic imine (C=N–C) groups is 1. The smallest absolute Gasteiger partial charge is 0.251 e. The molecule has 2 rings (SSSR count). The van der Waals surface area contributed by atoms with Crippen LogP contribution in [-0.2, 0) is 6.54 Å². The van der Waals surface area contributed by atoms with Crippen LogP contribution in [0.5, 0.6) is 11.5 Å².